The summed E-state index contributed by atoms with van der Waals surface area (Å²) in [5.74, 6) is 0.223. The van der Waals surface area contributed by atoms with Crippen LogP contribution in [0.4, 0.5) is 0 Å². The molecule has 0 bridgehead atoms. The van der Waals surface area contributed by atoms with Crippen LogP contribution in [0.3, 0.4) is 0 Å². The van der Waals surface area contributed by atoms with E-state index in [-0.39, 0.29) is 11.5 Å². The van der Waals surface area contributed by atoms with E-state index in [9.17, 15) is 4.79 Å². The van der Waals surface area contributed by atoms with Gasteiger partial charge in [0.05, 0.1) is 6.54 Å². The molecule has 1 aromatic carbocycles. The summed E-state index contributed by atoms with van der Waals surface area (Å²) < 4.78 is 1.62. The number of aryl methyl sites for hydroxylation is 1. The third-order valence-electron chi connectivity index (χ3n) is 3.05. The highest BCUT2D eigenvalue weighted by Gasteiger charge is 2.14. The lowest BCUT2D eigenvalue weighted by atomic mass is 10.1. The molecule has 0 fully saturated rings. The number of hydrogen-bond donors (Lipinski definition) is 1. The Balaban J connectivity index is 2.40. The number of benzene rings is 1. The molecule has 0 radical (unpaired) electrons. The van der Waals surface area contributed by atoms with Gasteiger partial charge in [0.25, 0.3) is 5.56 Å². The Kier molecular flexibility index (Phi) is 3.62. The van der Waals surface area contributed by atoms with Crippen molar-refractivity contribution in [3.05, 3.63) is 56.5 Å². The number of nitrogens with one attached hydrogen (secondary N) is 1. The van der Waals surface area contributed by atoms with E-state index in [2.05, 4.69) is 5.10 Å². The molecule has 4 heteroatoms. The fraction of sp³-hybridized carbons (Fsp3) is 0.357. The molecular weight excluding hydrogens is 248 g/mol. The van der Waals surface area contributed by atoms with Crippen LogP contribution < -0.4 is 5.56 Å². The molecule has 0 aliphatic rings. The summed E-state index contributed by atoms with van der Waals surface area (Å²) in [5, 5.41) is 3.80. The van der Waals surface area contributed by atoms with Gasteiger partial charge in [-0.3, -0.25) is 9.89 Å². The lowest BCUT2D eigenvalue weighted by Gasteiger charge is -2.04. The maximum Gasteiger partial charge on any atom is 0.270 e. The summed E-state index contributed by atoms with van der Waals surface area (Å²) in [4.78, 5) is 12.2. The highest BCUT2D eigenvalue weighted by atomic mass is 35.5. The van der Waals surface area contributed by atoms with Gasteiger partial charge in [-0.25, -0.2) is 4.68 Å². The van der Waals surface area contributed by atoms with Crippen LogP contribution in [0.25, 0.3) is 0 Å². The smallest absolute Gasteiger partial charge is 0.270 e. The van der Waals surface area contributed by atoms with Crippen molar-refractivity contribution in [1.29, 1.82) is 0 Å². The van der Waals surface area contributed by atoms with Gasteiger partial charge in [0.15, 0.2) is 0 Å². The lowest BCUT2D eigenvalue weighted by molar-refractivity contribution is 0.655. The van der Waals surface area contributed by atoms with Crippen LogP contribution in [-0.2, 0) is 6.54 Å². The number of aromatic amines is 1. The topological polar surface area (TPSA) is 37.8 Å². The molecule has 1 heterocycles. The first kappa shape index (κ1) is 13.0. The molecule has 18 heavy (non-hydrogen) atoms. The van der Waals surface area contributed by atoms with Crippen molar-refractivity contribution in [1.82, 2.24) is 9.78 Å². The molecule has 2 aromatic rings. The standard InChI is InChI=1S/C14H17ClN2O/c1-9(2)13-10(3)16-17(14(13)18)8-11-6-4-5-7-12(11)15/h4-7,9,16H,8H2,1-3H3. The van der Waals surface area contributed by atoms with Crippen LogP contribution in [0.5, 0.6) is 0 Å². The Morgan fingerprint density at radius 1 is 1.33 bits per heavy atom. The van der Waals surface area contributed by atoms with Crippen molar-refractivity contribution in [3.8, 4) is 0 Å². The number of rotatable bonds is 3. The molecule has 0 aliphatic carbocycles. The zero-order chi connectivity index (χ0) is 13.3. The third-order valence-corrected chi connectivity index (χ3v) is 3.41. The predicted octanol–water partition coefficient (Wildman–Crippen LogP) is 3.31. The second kappa shape index (κ2) is 5.02. The van der Waals surface area contributed by atoms with Crippen molar-refractivity contribution in [2.75, 3.05) is 0 Å². The van der Waals surface area contributed by atoms with E-state index < -0.39 is 0 Å². The van der Waals surface area contributed by atoms with Crippen molar-refractivity contribution >= 4 is 11.6 Å². The van der Waals surface area contributed by atoms with Crippen molar-refractivity contribution in [2.24, 2.45) is 0 Å². The summed E-state index contributed by atoms with van der Waals surface area (Å²) in [6.45, 7) is 6.46. The average Bonchev–Trinajstić information content (AvgIpc) is 2.57. The van der Waals surface area contributed by atoms with Gasteiger partial charge in [0.1, 0.15) is 0 Å². The Morgan fingerprint density at radius 2 is 2.00 bits per heavy atom. The molecule has 1 N–H and O–H groups in total. The molecule has 0 unspecified atom stereocenters. The highest BCUT2D eigenvalue weighted by Crippen LogP contribution is 2.17. The first-order chi connectivity index (χ1) is 8.50. The molecule has 3 nitrogen and oxygen atoms in total. The number of nitrogens with zero attached hydrogens (tertiary/aromatic N) is 1. The summed E-state index contributed by atoms with van der Waals surface area (Å²) in [6.07, 6.45) is 0. The summed E-state index contributed by atoms with van der Waals surface area (Å²) in [6, 6.07) is 7.57. The fourth-order valence-corrected chi connectivity index (χ4v) is 2.40. The molecule has 0 atom stereocenters. The Morgan fingerprint density at radius 3 is 2.56 bits per heavy atom. The largest absolute Gasteiger partial charge is 0.299 e. The van der Waals surface area contributed by atoms with E-state index in [0.29, 0.717) is 11.6 Å². The number of aromatic nitrogens is 2. The molecule has 96 valence electrons. The minimum atomic E-state index is 0.0439. The second-order valence-corrected chi connectivity index (χ2v) is 5.20. The van der Waals surface area contributed by atoms with E-state index in [1.54, 1.807) is 4.68 Å². The Labute approximate surface area is 111 Å². The first-order valence-corrected chi connectivity index (χ1v) is 6.41. The van der Waals surface area contributed by atoms with E-state index in [1.807, 2.05) is 45.0 Å². The lowest BCUT2D eigenvalue weighted by Crippen LogP contribution is -2.20. The van der Waals surface area contributed by atoms with Crippen molar-refractivity contribution < 1.29 is 0 Å². The van der Waals surface area contributed by atoms with Crippen LogP contribution in [0.15, 0.2) is 29.1 Å². The van der Waals surface area contributed by atoms with E-state index in [4.69, 9.17) is 11.6 Å². The van der Waals surface area contributed by atoms with Gasteiger partial charge in [-0.2, -0.15) is 0 Å². The average molecular weight is 265 g/mol. The van der Waals surface area contributed by atoms with E-state index in [0.717, 1.165) is 16.8 Å². The molecular formula is C14H17ClN2O. The summed E-state index contributed by atoms with van der Waals surface area (Å²) in [5.41, 5.74) is 2.77. The quantitative estimate of drug-likeness (QED) is 0.907. The first-order valence-electron chi connectivity index (χ1n) is 6.03. The van der Waals surface area contributed by atoms with E-state index >= 15 is 0 Å². The van der Waals surface area contributed by atoms with Crippen LogP contribution in [0.1, 0.15) is 36.6 Å². The minimum absolute atomic E-state index is 0.0439. The summed E-state index contributed by atoms with van der Waals surface area (Å²) in [7, 11) is 0. The zero-order valence-electron chi connectivity index (χ0n) is 10.8. The molecule has 2 rings (SSSR count). The Hall–Kier alpha value is -1.48. The summed E-state index contributed by atoms with van der Waals surface area (Å²) >= 11 is 6.11. The van der Waals surface area contributed by atoms with Crippen molar-refractivity contribution in [3.63, 3.8) is 0 Å². The normalized spacial score (nSPS) is 11.2. The maximum absolute atomic E-state index is 12.2. The monoisotopic (exact) mass is 264 g/mol. The number of H-pyrrole nitrogens is 1. The third kappa shape index (κ3) is 2.36. The Bertz CT molecular complexity index is 610. The predicted molar refractivity (Wildman–Crippen MR) is 74.4 cm³/mol. The minimum Gasteiger partial charge on any atom is -0.299 e. The fourth-order valence-electron chi connectivity index (χ4n) is 2.21. The number of hydrogen-bond acceptors (Lipinski definition) is 1. The molecule has 1 aromatic heterocycles. The van der Waals surface area contributed by atoms with Gasteiger partial charge in [-0.05, 0) is 24.5 Å². The molecule has 0 amide bonds. The zero-order valence-corrected chi connectivity index (χ0v) is 11.6. The van der Waals surface area contributed by atoms with Crippen LogP contribution in [0.2, 0.25) is 5.02 Å². The van der Waals surface area contributed by atoms with Crippen molar-refractivity contribution in [2.45, 2.75) is 33.2 Å². The molecule has 0 saturated carbocycles. The van der Waals surface area contributed by atoms with Gasteiger partial charge in [0.2, 0.25) is 0 Å². The van der Waals surface area contributed by atoms with E-state index in [1.165, 1.54) is 0 Å². The van der Waals surface area contributed by atoms with Gasteiger partial charge >= 0.3 is 0 Å². The maximum atomic E-state index is 12.2. The van der Waals surface area contributed by atoms with Crippen LogP contribution in [0, 0.1) is 6.92 Å². The second-order valence-electron chi connectivity index (χ2n) is 4.79. The van der Waals surface area contributed by atoms with Gasteiger partial charge < -0.3 is 0 Å². The van der Waals surface area contributed by atoms with Crippen LogP contribution >= 0.6 is 11.6 Å². The molecule has 0 spiro atoms. The van der Waals surface area contributed by atoms with Gasteiger partial charge in [-0.1, -0.05) is 43.6 Å². The number of halogens is 1. The van der Waals surface area contributed by atoms with Gasteiger partial charge in [0, 0.05) is 16.3 Å². The highest BCUT2D eigenvalue weighted by molar-refractivity contribution is 6.31. The molecule has 0 saturated heterocycles. The molecule has 0 aliphatic heterocycles. The van der Waals surface area contributed by atoms with Crippen LogP contribution in [-0.4, -0.2) is 9.78 Å². The van der Waals surface area contributed by atoms with Gasteiger partial charge in [-0.15, -0.1) is 0 Å². The SMILES string of the molecule is Cc1[nH]n(Cc2ccccc2Cl)c(=O)c1C(C)C.